The number of nitrogens with one attached hydrogen (secondary N) is 2. The van der Waals surface area contributed by atoms with Gasteiger partial charge < -0.3 is 15.0 Å². The molecule has 146 valence electrons. The van der Waals surface area contributed by atoms with Crippen molar-refractivity contribution in [3.05, 3.63) is 41.9 Å². The predicted octanol–water partition coefficient (Wildman–Crippen LogP) is 2.28. The maximum absolute atomic E-state index is 12.6. The molecule has 28 heavy (non-hydrogen) atoms. The second-order valence-corrected chi connectivity index (χ2v) is 7.24. The number of piperidine rings is 1. The third-order valence-corrected chi connectivity index (χ3v) is 5.20. The van der Waals surface area contributed by atoms with E-state index in [-0.39, 0.29) is 12.5 Å². The predicted molar refractivity (Wildman–Crippen MR) is 104 cm³/mol. The molecule has 8 heteroatoms. The van der Waals surface area contributed by atoms with Crippen LogP contribution in [-0.2, 0) is 11.3 Å². The zero-order valence-electron chi connectivity index (χ0n) is 15.8. The van der Waals surface area contributed by atoms with Crippen molar-refractivity contribution in [2.75, 3.05) is 32.0 Å². The van der Waals surface area contributed by atoms with Crippen LogP contribution < -0.4 is 10.6 Å². The summed E-state index contributed by atoms with van der Waals surface area (Å²) < 4.78 is 4.99. The summed E-state index contributed by atoms with van der Waals surface area (Å²) in [5, 5.41) is 5.99. The number of rotatable bonds is 4. The van der Waals surface area contributed by atoms with Crippen LogP contribution in [0.2, 0.25) is 0 Å². The van der Waals surface area contributed by atoms with Crippen LogP contribution in [0.25, 0.3) is 11.3 Å². The number of carbonyl (C=O) groups excluding carboxylic acids is 2. The smallest absolute Gasteiger partial charge is 0.411 e. The van der Waals surface area contributed by atoms with Gasteiger partial charge >= 0.3 is 6.09 Å². The van der Waals surface area contributed by atoms with E-state index in [1.807, 2.05) is 25.2 Å². The summed E-state index contributed by atoms with van der Waals surface area (Å²) in [6.45, 7) is 2.98. The number of hydrogen-bond donors (Lipinski definition) is 2. The largest absolute Gasteiger partial charge is 0.444 e. The number of carbonyl (C=O) groups is 2. The molecule has 2 aromatic rings. The van der Waals surface area contributed by atoms with Gasteiger partial charge in [-0.25, -0.2) is 9.78 Å². The first-order valence-corrected chi connectivity index (χ1v) is 9.45. The van der Waals surface area contributed by atoms with Crippen molar-refractivity contribution in [2.45, 2.75) is 19.4 Å². The Labute approximate surface area is 163 Å². The van der Waals surface area contributed by atoms with Gasteiger partial charge in [0.05, 0.1) is 23.8 Å². The number of benzene rings is 1. The second kappa shape index (κ2) is 7.93. The zero-order chi connectivity index (χ0) is 19.5. The minimum absolute atomic E-state index is 0.112. The monoisotopic (exact) mass is 381 g/mol. The minimum atomic E-state index is -0.448. The fourth-order valence-electron chi connectivity index (χ4n) is 3.60. The number of cyclic esters (lactones) is 1. The lowest BCUT2D eigenvalue weighted by atomic mass is 9.97. The van der Waals surface area contributed by atoms with Crippen LogP contribution in [0, 0.1) is 5.92 Å². The van der Waals surface area contributed by atoms with E-state index in [2.05, 4.69) is 20.6 Å². The van der Waals surface area contributed by atoms with Gasteiger partial charge in [0.15, 0.2) is 0 Å². The molecule has 1 aromatic heterocycles. The van der Waals surface area contributed by atoms with Crippen molar-refractivity contribution < 1.29 is 14.3 Å². The Hall–Kier alpha value is -3.00. The van der Waals surface area contributed by atoms with Crippen molar-refractivity contribution in [1.29, 1.82) is 0 Å². The molecule has 1 aromatic carbocycles. The van der Waals surface area contributed by atoms with Crippen LogP contribution in [0.1, 0.15) is 28.9 Å². The third-order valence-electron chi connectivity index (χ3n) is 5.20. The summed E-state index contributed by atoms with van der Waals surface area (Å²) in [6, 6.07) is 5.58. The highest BCUT2D eigenvalue weighted by Gasteiger charge is 2.20. The number of amides is 2. The zero-order valence-corrected chi connectivity index (χ0v) is 15.8. The Morgan fingerprint density at radius 1 is 1.25 bits per heavy atom. The van der Waals surface area contributed by atoms with Crippen LogP contribution in [0.3, 0.4) is 0 Å². The van der Waals surface area contributed by atoms with Crippen LogP contribution in [0.15, 0.2) is 30.6 Å². The van der Waals surface area contributed by atoms with Crippen LogP contribution in [-0.4, -0.2) is 53.6 Å². The molecular weight excluding hydrogens is 358 g/mol. The molecule has 2 aliphatic heterocycles. The molecule has 2 aliphatic rings. The average molecular weight is 381 g/mol. The summed E-state index contributed by atoms with van der Waals surface area (Å²) in [7, 11) is 1.82. The van der Waals surface area contributed by atoms with E-state index in [1.165, 1.54) is 6.20 Å². The van der Waals surface area contributed by atoms with Gasteiger partial charge in [-0.15, -0.1) is 0 Å². The third kappa shape index (κ3) is 3.96. The van der Waals surface area contributed by atoms with E-state index >= 15 is 0 Å². The Morgan fingerprint density at radius 2 is 2.07 bits per heavy atom. The van der Waals surface area contributed by atoms with E-state index in [0.29, 0.717) is 17.3 Å². The summed E-state index contributed by atoms with van der Waals surface area (Å²) in [6.07, 6.45) is 4.86. The maximum Gasteiger partial charge on any atom is 0.411 e. The van der Waals surface area contributed by atoms with Crippen LogP contribution >= 0.6 is 0 Å². The Balaban J connectivity index is 1.44. The first-order valence-electron chi connectivity index (χ1n) is 9.45. The van der Waals surface area contributed by atoms with E-state index in [1.54, 1.807) is 11.1 Å². The molecule has 1 saturated heterocycles. The number of nitrogens with zero attached hydrogens (tertiary/aromatic N) is 3. The van der Waals surface area contributed by atoms with Crippen molar-refractivity contribution >= 4 is 17.7 Å². The van der Waals surface area contributed by atoms with Crippen LogP contribution in [0.4, 0.5) is 10.5 Å². The highest BCUT2D eigenvalue weighted by atomic mass is 16.5. The number of fused-ring (bicyclic) bond motifs is 1. The molecule has 0 radical (unpaired) electrons. The molecule has 0 atom stereocenters. The summed E-state index contributed by atoms with van der Waals surface area (Å²) in [5.41, 5.74) is 3.47. The van der Waals surface area contributed by atoms with Crippen molar-refractivity contribution in [1.82, 2.24) is 20.2 Å². The molecule has 0 spiro atoms. The second-order valence-electron chi connectivity index (χ2n) is 7.24. The van der Waals surface area contributed by atoms with Gasteiger partial charge in [0, 0.05) is 24.7 Å². The van der Waals surface area contributed by atoms with Crippen molar-refractivity contribution in [3.63, 3.8) is 0 Å². The van der Waals surface area contributed by atoms with Gasteiger partial charge in [-0.1, -0.05) is 6.07 Å². The number of anilines is 1. The lowest BCUT2D eigenvalue weighted by Crippen LogP contribution is -2.37. The van der Waals surface area contributed by atoms with Crippen LogP contribution in [0.5, 0.6) is 0 Å². The molecule has 0 aliphatic carbocycles. The molecule has 1 fully saturated rings. The standard InChI is InChI=1S/C20H23N5O3/c1-25(11-13-4-6-21-7-5-13)19(26)18-10-22-17(9-23-18)14-2-3-16-15(8-14)12-28-20(27)24-16/h2-3,8-10,13,21H,4-7,11-12H2,1H3,(H,24,27). The average Bonchev–Trinajstić information content (AvgIpc) is 2.73. The highest BCUT2D eigenvalue weighted by Crippen LogP contribution is 2.27. The minimum Gasteiger partial charge on any atom is -0.444 e. The molecule has 4 rings (SSSR count). The highest BCUT2D eigenvalue weighted by molar-refractivity contribution is 5.92. The summed E-state index contributed by atoms with van der Waals surface area (Å²) in [5.74, 6) is 0.416. The van der Waals surface area contributed by atoms with Gasteiger partial charge in [-0.05, 0) is 44.0 Å². The Bertz CT molecular complexity index is 878. The lowest BCUT2D eigenvalue weighted by molar-refractivity contribution is 0.0756. The molecule has 0 bridgehead atoms. The van der Waals surface area contributed by atoms with Gasteiger partial charge in [0.25, 0.3) is 5.91 Å². The number of hydrogen-bond acceptors (Lipinski definition) is 6. The van der Waals surface area contributed by atoms with Gasteiger partial charge in [-0.3, -0.25) is 15.1 Å². The molecule has 2 N–H and O–H groups in total. The normalized spacial score (nSPS) is 16.7. The first-order chi connectivity index (χ1) is 13.6. The molecule has 0 unspecified atom stereocenters. The van der Waals surface area contributed by atoms with Crippen molar-refractivity contribution in [3.8, 4) is 11.3 Å². The fourth-order valence-corrected chi connectivity index (χ4v) is 3.60. The van der Waals surface area contributed by atoms with E-state index in [0.717, 1.165) is 49.3 Å². The van der Waals surface area contributed by atoms with E-state index in [4.69, 9.17) is 4.74 Å². The van der Waals surface area contributed by atoms with Gasteiger partial charge in [-0.2, -0.15) is 0 Å². The number of ether oxygens (including phenoxy) is 1. The maximum atomic E-state index is 12.6. The Morgan fingerprint density at radius 3 is 2.82 bits per heavy atom. The molecule has 8 nitrogen and oxygen atoms in total. The summed E-state index contributed by atoms with van der Waals surface area (Å²) >= 11 is 0. The van der Waals surface area contributed by atoms with E-state index < -0.39 is 6.09 Å². The molecule has 0 saturated carbocycles. The first kappa shape index (κ1) is 18.4. The SMILES string of the molecule is CN(CC1CCNCC1)C(=O)c1cnc(-c2ccc3c(c2)COC(=O)N3)cn1. The fraction of sp³-hybridized carbons (Fsp3) is 0.400. The quantitative estimate of drug-likeness (QED) is 0.843. The topological polar surface area (TPSA) is 96.5 Å². The molecular formula is C20H23N5O3. The van der Waals surface area contributed by atoms with Gasteiger partial charge in [0.2, 0.25) is 0 Å². The molecule has 2 amide bonds. The summed E-state index contributed by atoms with van der Waals surface area (Å²) in [4.78, 5) is 34.4. The van der Waals surface area contributed by atoms with E-state index in [9.17, 15) is 9.59 Å². The van der Waals surface area contributed by atoms with Crippen molar-refractivity contribution in [2.24, 2.45) is 5.92 Å². The molecule has 3 heterocycles. The van der Waals surface area contributed by atoms with Gasteiger partial charge in [0.1, 0.15) is 12.3 Å². The lowest BCUT2D eigenvalue weighted by Gasteiger charge is -2.27. The Kier molecular flexibility index (Phi) is 5.21. The number of aromatic nitrogens is 2.